The number of benzene rings is 1. The summed E-state index contributed by atoms with van der Waals surface area (Å²) in [6.07, 6.45) is -0.761. The number of nitrogens with zero attached hydrogens (tertiary/aromatic N) is 1. The second kappa shape index (κ2) is 6.87. The van der Waals surface area contributed by atoms with Gasteiger partial charge < -0.3 is 14.8 Å². The van der Waals surface area contributed by atoms with Gasteiger partial charge in [0.05, 0.1) is 17.5 Å². The molecule has 0 bridgehead atoms. The van der Waals surface area contributed by atoms with Gasteiger partial charge in [0.2, 0.25) is 0 Å². The van der Waals surface area contributed by atoms with Gasteiger partial charge in [-0.25, -0.2) is 8.78 Å². The lowest BCUT2D eigenvalue weighted by atomic mass is 10.1. The normalized spacial score (nSPS) is 10.7. The van der Waals surface area contributed by atoms with E-state index in [1.165, 1.54) is 14.2 Å². The van der Waals surface area contributed by atoms with E-state index in [0.29, 0.717) is 12.1 Å². The van der Waals surface area contributed by atoms with Crippen molar-refractivity contribution in [3.05, 3.63) is 39.4 Å². The number of hydrogen-bond acceptors (Lipinski definition) is 5. The number of nitro benzene ring substituents is 1. The van der Waals surface area contributed by atoms with Crippen LogP contribution in [0.15, 0.2) is 12.1 Å². The van der Waals surface area contributed by atoms with Gasteiger partial charge in [0.1, 0.15) is 5.56 Å². The van der Waals surface area contributed by atoms with Gasteiger partial charge in [-0.15, -0.1) is 0 Å². The van der Waals surface area contributed by atoms with Crippen LogP contribution < -0.4 is 5.32 Å². The number of amides is 1. The average Bonchev–Trinajstić information content (AvgIpc) is 2.41. The maximum atomic E-state index is 13.1. The van der Waals surface area contributed by atoms with E-state index in [1.807, 2.05) is 0 Å². The molecule has 1 rings (SSSR count). The molecule has 0 spiro atoms. The number of ether oxygens (including phenoxy) is 2. The fourth-order valence-corrected chi connectivity index (χ4v) is 1.40. The minimum absolute atomic E-state index is 0.109. The average molecular weight is 290 g/mol. The number of nitro groups is 1. The van der Waals surface area contributed by atoms with Gasteiger partial charge in [-0.1, -0.05) is 0 Å². The number of hydrogen-bond donors (Lipinski definition) is 1. The summed E-state index contributed by atoms with van der Waals surface area (Å²) in [5.74, 6) is -3.69. The van der Waals surface area contributed by atoms with Crippen LogP contribution in [0.2, 0.25) is 0 Å². The second-order valence-electron chi connectivity index (χ2n) is 3.65. The molecule has 0 atom stereocenters. The molecule has 0 aliphatic carbocycles. The Morgan fingerprint density at radius 2 is 1.90 bits per heavy atom. The van der Waals surface area contributed by atoms with Crippen molar-refractivity contribution in [3.8, 4) is 0 Å². The largest absolute Gasteiger partial charge is 0.354 e. The van der Waals surface area contributed by atoms with Crippen LogP contribution in [0.25, 0.3) is 0 Å². The van der Waals surface area contributed by atoms with Gasteiger partial charge in [-0.2, -0.15) is 0 Å². The molecule has 0 saturated carbocycles. The first kappa shape index (κ1) is 15.9. The molecule has 1 amide bonds. The van der Waals surface area contributed by atoms with Gasteiger partial charge >= 0.3 is 0 Å². The number of nitrogens with one attached hydrogen (secondary N) is 1. The molecule has 9 heteroatoms. The third-order valence-corrected chi connectivity index (χ3v) is 2.44. The lowest BCUT2D eigenvalue weighted by Crippen LogP contribution is -2.34. The summed E-state index contributed by atoms with van der Waals surface area (Å²) in [4.78, 5) is 21.5. The van der Waals surface area contributed by atoms with E-state index in [0.717, 1.165) is 0 Å². The molecule has 0 unspecified atom stereocenters. The SMILES string of the molecule is COC(CNC(=O)c1cc(F)c(F)cc1[N+](=O)[O-])OC. The van der Waals surface area contributed by atoms with E-state index in [2.05, 4.69) is 5.32 Å². The molecule has 1 aromatic carbocycles. The fraction of sp³-hybridized carbons (Fsp3) is 0.364. The number of methoxy groups -OCH3 is 2. The van der Waals surface area contributed by atoms with E-state index < -0.39 is 40.0 Å². The van der Waals surface area contributed by atoms with E-state index in [4.69, 9.17) is 9.47 Å². The zero-order chi connectivity index (χ0) is 15.3. The van der Waals surface area contributed by atoms with Crippen LogP contribution in [-0.2, 0) is 9.47 Å². The van der Waals surface area contributed by atoms with Crippen LogP contribution in [-0.4, -0.2) is 37.9 Å². The Kier molecular flexibility index (Phi) is 5.47. The van der Waals surface area contributed by atoms with Gasteiger partial charge in [0.15, 0.2) is 17.9 Å². The standard InChI is InChI=1S/C11H12F2N2O5/c1-19-10(20-2)5-14-11(16)6-3-7(12)8(13)4-9(6)15(17)18/h3-4,10H,5H2,1-2H3,(H,14,16). The molecule has 7 nitrogen and oxygen atoms in total. The molecule has 0 aliphatic rings. The summed E-state index contributed by atoms with van der Waals surface area (Å²) >= 11 is 0. The molecule has 0 fully saturated rings. The van der Waals surface area contributed by atoms with Crippen molar-refractivity contribution in [2.45, 2.75) is 6.29 Å². The molecule has 1 N–H and O–H groups in total. The smallest absolute Gasteiger partial charge is 0.285 e. The molecule has 0 aromatic heterocycles. The van der Waals surface area contributed by atoms with Crippen LogP contribution >= 0.6 is 0 Å². The van der Waals surface area contributed by atoms with Crippen LogP contribution in [0, 0.1) is 21.7 Å². The summed E-state index contributed by atoms with van der Waals surface area (Å²) < 4.78 is 35.6. The zero-order valence-corrected chi connectivity index (χ0v) is 10.7. The first-order chi connectivity index (χ1) is 9.40. The molecule has 20 heavy (non-hydrogen) atoms. The molecule has 110 valence electrons. The van der Waals surface area contributed by atoms with Crippen molar-refractivity contribution < 1.29 is 28.0 Å². The third-order valence-electron chi connectivity index (χ3n) is 2.44. The van der Waals surface area contributed by atoms with Crippen molar-refractivity contribution in [2.24, 2.45) is 0 Å². The van der Waals surface area contributed by atoms with Gasteiger partial charge in [0, 0.05) is 14.2 Å². The summed E-state index contributed by atoms with van der Waals surface area (Å²) in [5.41, 5.74) is -1.41. The Bertz CT molecular complexity index is 520. The maximum absolute atomic E-state index is 13.1. The van der Waals surface area contributed by atoms with E-state index in [-0.39, 0.29) is 6.54 Å². The number of carbonyl (C=O) groups is 1. The maximum Gasteiger partial charge on any atom is 0.285 e. The van der Waals surface area contributed by atoms with E-state index >= 15 is 0 Å². The minimum Gasteiger partial charge on any atom is -0.354 e. The summed E-state index contributed by atoms with van der Waals surface area (Å²) in [6, 6.07) is 0.825. The molecular formula is C11H12F2N2O5. The topological polar surface area (TPSA) is 90.7 Å². The second-order valence-corrected chi connectivity index (χ2v) is 3.65. The van der Waals surface area contributed by atoms with Crippen molar-refractivity contribution in [1.82, 2.24) is 5.32 Å². The van der Waals surface area contributed by atoms with Crippen LogP contribution in [0.3, 0.4) is 0 Å². The summed E-state index contributed by atoms with van der Waals surface area (Å²) in [6.45, 7) is -0.109. The van der Waals surface area contributed by atoms with Gasteiger partial charge in [0.25, 0.3) is 11.6 Å². The van der Waals surface area contributed by atoms with Crippen LogP contribution in [0.4, 0.5) is 14.5 Å². The summed E-state index contributed by atoms with van der Waals surface area (Å²) in [7, 11) is 2.67. The third kappa shape index (κ3) is 3.68. The Balaban J connectivity index is 2.97. The predicted molar refractivity (Wildman–Crippen MR) is 63.2 cm³/mol. The molecule has 0 radical (unpaired) electrons. The Hall–Kier alpha value is -2.13. The highest BCUT2D eigenvalue weighted by Crippen LogP contribution is 2.22. The highest BCUT2D eigenvalue weighted by Gasteiger charge is 2.24. The molecule has 0 heterocycles. The number of rotatable bonds is 6. The zero-order valence-electron chi connectivity index (χ0n) is 10.7. The van der Waals surface area contributed by atoms with E-state index in [9.17, 15) is 23.7 Å². The fourth-order valence-electron chi connectivity index (χ4n) is 1.40. The number of halogens is 2. The molecular weight excluding hydrogens is 278 g/mol. The highest BCUT2D eigenvalue weighted by atomic mass is 19.2. The Morgan fingerprint density at radius 1 is 1.35 bits per heavy atom. The Morgan fingerprint density at radius 3 is 2.40 bits per heavy atom. The number of carbonyl (C=O) groups excluding carboxylic acids is 1. The molecule has 0 saturated heterocycles. The first-order valence-corrected chi connectivity index (χ1v) is 5.38. The van der Waals surface area contributed by atoms with Crippen molar-refractivity contribution in [2.75, 3.05) is 20.8 Å². The Labute approximate surface area is 112 Å². The van der Waals surface area contributed by atoms with Crippen molar-refractivity contribution in [1.29, 1.82) is 0 Å². The van der Waals surface area contributed by atoms with Crippen LogP contribution in [0.1, 0.15) is 10.4 Å². The van der Waals surface area contributed by atoms with Gasteiger partial charge in [-0.05, 0) is 6.07 Å². The summed E-state index contributed by atoms with van der Waals surface area (Å²) in [5, 5.41) is 13.0. The molecule has 0 aliphatic heterocycles. The quantitative estimate of drug-likeness (QED) is 0.483. The van der Waals surface area contributed by atoms with Crippen LogP contribution in [0.5, 0.6) is 0 Å². The highest BCUT2D eigenvalue weighted by molar-refractivity contribution is 5.98. The van der Waals surface area contributed by atoms with Crippen molar-refractivity contribution in [3.63, 3.8) is 0 Å². The lowest BCUT2D eigenvalue weighted by molar-refractivity contribution is -0.385. The van der Waals surface area contributed by atoms with E-state index in [1.54, 1.807) is 0 Å². The minimum atomic E-state index is -1.40. The predicted octanol–water partition coefficient (Wildman–Crippen LogP) is 1.22. The van der Waals surface area contributed by atoms with Crippen molar-refractivity contribution >= 4 is 11.6 Å². The molecule has 1 aromatic rings. The first-order valence-electron chi connectivity index (χ1n) is 5.38. The lowest BCUT2D eigenvalue weighted by Gasteiger charge is -2.14. The monoisotopic (exact) mass is 290 g/mol. The van der Waals surface area contributed by atoms with Gasteiger partial charge in [-0.3, -0.25) is 14.9 Å².